The van der Waals surface area contributed by atoms with Gasteiger partial charge in [0, 0.05) is 12.1 Å². The molecule has 2 rings (SSSR count). The number of hydrogen-bond donors (Lipinski definition) is 1. The minimum absolute atomic E-state index is 0.0521. The number of nitro groups is 1. The third-order valence-corrected chi connectivity index (χ3v) is 3.33. The van der Waals surface area contributed by atoms with Crippen molar-refractivity contribution < 1.29 is 19.6 Å². The predicted octanol–water partition coefficient (Wildman–Crippen LogP) is 3.54. The molecule has 0 saturated carbocycles. The first-order valence-electron chi connectivity index (χ1n) is 6.77. The van der Waals surface area contributed by atoms with Crippen LogP contribution in [0.1, 0.15) is 16.7 Å². The number of rotatable bonds is 5. The number of non-ortho nitro benzene ring substituents is 1. The maximum Gasteiger partial charge on any atom is 0.336 e. The van der Waals surface area contributed by atoms with Crippen molar-refractivity contribution in [3.8, 4) is 5.75 Å². The van der Waals surface area contributed by atoms with Crippen molar-refractivity contribution in [3.05, 3.63) is 69.3 Å². The molecule has 1 N–H and O–H groups in total. The number of carboxylic acids is 1. The minimum atomic E-state index is -1.11. The van der Waals surface area contributed by atoms with E-state index in [9.17, 15) is 20.0 Å². The van der Waals surface area contributed by atoms with Gasteiger partial charge in [-0.15, -0.1) is 0 Å². The molecular weight excluding hydrogens is 298 g/mol. The maximum absolute atomic E-state index is 11.6. The molecule has 0 aliphatic heterocycles. The van der Waals surface area contributed by atoms with Gasteiger partial charge in [0.25, 0.3) is 5.69 Å². The van der Waals surface area contributed by atoms with Crippen LogP contribution >= 0.6 is 0 Å². The minimum Gasteiger partial charge on any atom is -0.496 e. The fraction of sp³-hybridized carbons (Fsp3) is 0.118. The first-order valence-corrected chi connectivity index (χ1v) is 6.77. The lowest BCUT2D eigenvalue weighted by Gasteiger charge is -2.08. The fourth-order valence-corrected chi connectivity index (χ4v) is 2.21. The van der Waals surface area contributed by atoms with Crippen LogP contribution in [0.25, 0.3) is 11.6 Å². The molecule has 0 spiro atoms. The number of carboxylic acid groups (broad SMARTS) is 1. The van der Waals surface area contributed by atoms with Gasteiger partial charge in [-0.1, -0.05) is 18.2 Å². The van der Waals surface area contributed by atoms with Gasteiger partial charge in [-0.2, -0.15) is 0 Å². The van der Waals surface area contributed by atoms with E-state index in [4.69, 9.17) is 4.74 Å². The third-order valence-electron chi connectivity index (χ3n) is 3.33. The summed E-state index contributed by atoms with van der Waals surface area (Å²) in [4.78, 5) is 21.8. The van der Waals surface area contributed by atoms with Gasteiger partial charge in [0.1, 0.15) is 5.75 Å². The summed E-state index contributed by atoms with van der Waals surface area (Å²) < 4.78 is 5.16. The Morgan fingerprint density at radius 2 is 2.00 bits per heavy atom. The van der Waals surface area contributed by atoms with Gasteiger partial charge in [-0.3, -0.25) is 10.1 Å². The van der Waals surface area contributed by atoms with Crippen molar-refractivity contribution in [2.75, 3.05) is 7.11 Å². The molecule has 0 aliphatic rings. The first-order chi connectivity index (χ1) is 10.9. The number of aliphatic carboxylic acids is 1. The highest BCUT2D eigenvalue weighted by atomic mass is 16.6. The summed E-state index contributed by atoms with van der Waals surface area (Å²) in [5.74, 6) is -0.449. The molecule has 6 heteroatoms. The Labute approximate surface area is 132 Å². The van der Waals surface area contributed by atoms with Crippen LogP contribution in [0.5, 0.6) is 5.75 Å². The molecule has 0 bridgehead atoms. The molecular formula is C17H15NO5. The van der Waals surface area contributed by atoms with Crippen molar-refractivity contribution in [1.82, 2.24) is 0 Å². The van der Waals surface area contributed by atoms with Crippen LogP contribution in [0.3, 0.4) is 0 Å². The summed E-state index contributed by atoms with van der Waals surface area (Å²) in [5, 5.41) is 20.3. The maximum atomic E-state index is 11.6. The topological polar surface area (TPSA) is 89.7 Å². The van der Waals surface area contributed by atoms with E-state index in [1.165, 1.54) is 24.3 Å². The van der Waals surface area contributed by atoms with E-state index < -0.39 is 10.9 Å². The lowest BCUT2D eigenvalue weighted by molar-refractivity contribution is -0.384. The van der Waals surface area contributed by atoms with Crippen molar-refractivity contribution >= 4 is 23.3 Å². The van der Waals surface area contributed by atoms with Crippen LogP contribution in [-0.4, -0.2) is 23.1 Å². The summed E-state index contributed by atoms with van der Waals surface area (Å²) in [6.07, 6.45) is 1.41. The Balaban J connectivity index is 2.50. The van der Waals surface area contributed by atoms with Crippen molar-refractivity contribution in [2.45, 2.75) is 6.92 Å². The van der Waals surface area contributed by atoms with Crippen LogP contribution in [0, 0.1) is 17.0 Å². The number of carbonyl (C=O) groups is 1. The van der Waals surface area contributed by atoms with Crippen LogP contribution in [-0.2, 0) is 4.79 Å². The van der Waals surface area contributed by atoms with Gasteiger partial charge in [-0.05, 0) is 41.8 Å². The number of benzene rings is 2. The summed E-state index contributed by atoms with van der Waals surface area (Å²) in [5.41, 5.74) is 1.72. The molecule has 118 valence electrons. The molecule has 0 amide bonds. The molecule has 23 heavy (non-hydrogen) atoms. The van der Waals surface area contributed by atoms with Gasteiger partial charge in [0.05, 0.1) is 17.6 Å². The molecule has 0 heterocycles. The van der Waals surface area contributed by atoms with Crippen LogP contribution in [0.2, 0.25) is 0 Å². The number of aryl methyl sites for hydroxylation is 1. The summed E-state index contributed by atoms with van der Waals surface area (Å²) in [7, 11) is 1.54. The van der Waals surface area contributed by atoms with E-state index in [2.05, 4.69) is 0 Å². The number of nitrogens with zero attached hydrogens (tertiary/aromatic N) is 1. The van der Waals surface area contributed by atoms with Gasteiger partial charge >= 0.3 is 5.97 Å². The van der Waals surface area contributed by atoms with E-state index in [1.807, 2.05) is 6.92 Å². The standard InChI is InChI=1S/C17H15NO5/c1-11-8-13(6-7-16(11)23-2)15(17(19)20)10-12-4-3-5-14(9-12)18(21)22/h3-10H,1-2H3,(H,19,20)/b15-10-. The molecule has 0 aliphatic carbocycles. The molecule has 2 aromatic rings. The summed E-state index contributed by atoms with van der Waals surface area (Å²) in [6, 6.07) is 10.9. The molecule has 0 saturated heterocycles. The van der Waals surface area contributed by atoms with Crippen LogP contribution in [0.4, 0.5) is 5.69 Å². The molecule has 2 aromatic carbocycles. The summed E-state index contributed by atoms with van der Waals surface area (Å²) in [6.45, 7) is 1.81. The Morgan fingerprint density at radius 3 is 2.57 bits per heavy atom. The van der Waals surface area contributed by atoms with E-state index >= 15 is 0 Å². The van der Waals surface area contributed by atoms with Gasteiger partial charge in [0.2, 0.25) is 0 Å². The number of hydrogen-bond acceptors (Lipinski definition) is 4. The average molecular weight is 313 g/mol. The Bertz CT molecular complexity index is 795. The first kappa shape index (κ1) is 16.2. The summed E-state index contributed by atoms with van der Waals surface area (Å²) >= 11 is 0. The highest BCUT2D eigenvalue weighted by Crippen LogP contribution is 2.26. The smallest absolute Gasteiger partial charge is 0.336 e. The van der Waals surface area contributed by atoms with E-state index in [0.717, 1.165) is 5.56 Å². The second-order valence-corrected chi connectivity index (χ2v) is 4.90. The van der Waals surface area contributed by atoms with Crippen LogP contribution in [0.15, 0.2) is 42.5 Å². The Hall–Kier alpha value is -3.15. The molecule has 0 fully saturated rings. The molecule has 0 radical (unpaired) electrons. The second kappa shape index (κ2) is 6.74. The van der Waals surface area contributed by atoms with E-state index in [1.54, 1.807) is 31.4 Å². The lowest BCUT2D eigenvalue weighted by Crippen LogP contribution is -2.00. The zero-order valence-corrected chi connectivity index (χ0v) is 12.6. The van der Waals surface area contributed by atoms with Gasteiger partial charge < -0.3 is 9.84 Å². The third kappa shape index (κ3) is 3.74. The zero-order chi connectivity index (χ0) is 17.0. The molecule has 0 aromatic heterocycles. The normalized spacial score (nSPS) is 11.1. The predicted molar refractivity (Wildman–Crippen MR) is 86.3 cm³/mol. The molecule has 6 nitrogen and oxygen atoms in total. The number of ether oxygens (including phenoxy) is 1. The fourth-order valence-electron chi connectivity index (χ4n) is 2.21. The Kier molecular flexibility index (Phi) is 4.75. The van der Waals surface area contributed by atoms with Crippen molar-refractivity contribution in [1.29, 1.82) is 0 Å². The molecule has 0 unspecified atom stereocenters. The van der Waals surface area contributed by atoms with Crippen molar-refractivity contribution in [3.63, 3.8) is 0 Å². The lowest BCUT2D eigenvalue weighted by atomic mass is 10.0. The largest absolute Gasteiger partial charge is 0.496 e. The second-order valence-electron chi connectivity index (χ2n) is 4.90. The highest BCUT2D eigenvalue weighted by Gasteiger charge is 2.13. The monoisotopic (exact) mass is 313 g/mol. The zero-order valence-electron chi connectivity index (χ0n) is 12.6. The van der Waals surface area contributed by atoms with E-state index in [0.29, 0.717) is 16.9 Å². The quantitative estimate of drug-likeness (QED) is 0.394. The van der Waals surface area contributed by atoms with Crippen molar-refractivity contribution in [2.24, 2.45) is 0 Å². The van der Waals surface area contributed by atoms with Crippen LogP contribution < -0.4 is 4.74 Å². The number of methoxy groups -OCH3 is 1. The SMILES string of the molecule is COc1ccc(/C(=C/c2cccc([N+](=O)[O-])c2)C(=O)O)cc1C. The highest BCUT2D eigenvalue weighted by molar-refractivity contribution is 6.20. The molecule has 0 atom stereocenters. The number of nitro benzene ring substituents is 1. The van der Waals surface area contributed by atoms with Gasteiger partial charge in [0.15, 0.2) is 0 Å². The Morgan fingerprint density at radius 1 is 1.26 bits per heavy atom. The van der Waals surface area contributed by atoms with E-state index in [-0.39, 0.29) is 11.3 Å². The average Bonchev–Trinajstić information content (AvgIpc) is 2.52. The van der Waals surface area contributed by atoms with Gasteiger partial charge in [-0.25, -0.2) is 4.79 Å².